The van der Waals surface area contributed by atoms with Gasteiger partial charge < -0.3 is 85.6 Å². The summed E-state index contributed by atoms with van der Waals surface area (Å²) in [6.45, 7) is 8.15. The Bertz CT molecular complexity index is 2360. The first kappa shape index (κ1) is 71.5. The number of imidazole rings is 1. The lowest BCUT2D eigenvalue weighted by Crippen LogP contribution is -2.61. The standard InChI is InChI=1S/C52H88N16O14S/c1-7-8-14-32-47(78)66-37(24-31-26-56-27-59-31)49(80)67-38(25-39(53)70)50(81)65-36(23-28(2)3)44(75)57-20-12-10-9-11-16-40(71)68-42(30(5)69)51(82)64-34(17-18-41(72)73)48(79)62-33(15-13-21-58-52(54)55)46(77)63-35(19-22-83-6)45(76)60-29(4)43(74)61-32/h26-30,32-38,42,69H,7-25H2,1-6H3,(H2,53,70)(H,56,59)(H,57,75)(H,60,76)(H,61,74)(H,62,79)(H,63,77)(H,64,82)(H,65,81)(H,66,78)(H,67,80)(H,68,71)(H,72,73)(H4,54,55,58)/t29-,30+,32-,33-,34-,35-,36-,37-,38-,42-/m0/s1. The maximum atomic E-state index is 14.2. The number of carboxylic acid groups (broad SMARTS) is 1. The molecule has 2 heterocycles. The van der Waals surface area contributed by atoms with E-state index >= 15 is 0 Å². The molecule has 1 aliphatic rings. The number of rotatable bonds is 20. The van der Waals surface area contributed by atoms with Crippen molar-refractivity contribution in [2.24, 2.45) is 28.1 Å². The number of aliphatic hydroxyl groups excluding tert-OH is 1. The zero-order valence-electron chi connectivity index (χ0n) is 48.3. The molecule has 0 aliphatic carbocycles. The number of primary amides is 1. The second-order valence-electron chi connectivity index (χ2n) is 20.8. The molecule has 30 nitrogen and oxygen atoms in total. The van der Waals surface area contributed by atoms with Crippen LogP contribution in [-0.4, -0.2) is 183 Å². The monoisotopic (exact) mass is 1190 g/mol. The fourth-order valence-corrected chi connectivity index (χ4v) is 8.95. The van der Waals surface area contributed by atoms with Crippen molar-refractivity contribution in [1.29, 1.82) is 0 Å². The Morgan fingerprint density at radius 3 is 1.76 bits per heavy atom. The summed E-state index contributed by atoms with van der Waals surface area (Å²) in [7, 11) is 0. The fraction of sp³-hybridized carbons (Fsp3) is 0.692. The van der Waals surface area contributed by atoms with Crippen molar-refractivity contribution < 1.29 is 67.7 Å². The van der Waals surface area contributed by atoms with Crippen LogP contribution in [-0.2, 0) is 64.0 Å². The number of hydrogen-bond donors (Lipinski definition) is 16. The van der Waals surface area contributed by atoms with Crippen LogP contribution in [0.3, 0.4) is 0 Å². The van der Waals surface area contributed by atoms with Crippen LogP contribution in [0.5, 0.6) is 0 Å². The van der Waals surface area contributed by atoms with Crippen LogP contribution in [0.1, 0.15) is 137 Å². The minimum atomic E-state index is -1.63. The molecule has 1 saturated heterocycles. The molecule has 31 heteroatoms. The van der Waals surface area contributed by atoms with Crippen LogP contribution in [0.2, 0.25) is 0 Å². The average Bonchev–Trinajstić information content (AvgIpc) is 3.97. The number of aliphatic carboxylic acids is 1. The van der Waals surface area contributed by atoms with Crippen LogP contribution in [0.25, 0.3) is 0 Å². The second kappa shape index (κ2) is 38.3. The Morgan fingerprint density at radius 2 is 1.19 bits per heavy atom. The van der Waals surface area contributed by atoms with Crippen molar-refractivity contribution in [2.45, 2.75) is 198 Å². The van der Waals surface area contributed by atoms with E-state index in [0.29, 0.717) is 50.0 Å². The molecule has 10 atom stereocenters. The van der Waals surface area contributed by atoms with Gasteiger partial charge in [0.15, 0.2) is 5.96 Å². The van der Waals surface area contributed by atoms with Gasteiger partial charge in [-0.1, -0.05) is 46.5 Å². The van der Waals surface area contributed by atoms with E-state index in [1.54, 1.807) is 6.26 Å². The van der Waals surface area contributed by atoms with Gasteiger partial charge in [0, 0.05) is 44.2 Å². The Balaban J connectivity index is 2.67. The summed E-state index contributed by atoms with van der Waals surface area (Å²) < 4.78 is 0. The van der Waals surface area contributed by atoms with Crippen LogP contribution < -0.4 is 70.4 Å². The zero-order chi connectivity index (χ0) is 62.2. The number of thioether (sulfide) groups is 1. The van der Waals surface area contributed by atoms with Gasteiger partial charge in [0.2, 0.25) is 65.0 Å². The minimum absolute atomic E-state index is 0.00260. The number of aliphatic imine (C=N–C) groups is 1. The van der Waals surface area contributed by atoms with E-state index in [0.717, 1.165) is 0 Å². The number of aromatic amines is 1. The van der Waals surface area contributed by atoms with Gasteiger partial charge in [-0.2, -0.15) is 11.8 Å². The van der Waals surface area contributed by atoms with Gasteiger partial charge in [-0.15, -0.1) is 0 Å². The molecule has 0 spiro atoms. The Labute approximate surface area is 487 Å². The summed E-state index contributed by atoms with van der Waals surface area (Å²) in [5, 5.41) is 45.9. The van der Waals surface area contributed by atoms with Crippen molar-refractivity contribution in [3.63, 3.8) is 0 Å². The molecule has 83 heavy (non-hydrogen) atoms. The number of guanidine groups is 1. The molecule has 0 radical (unpaired) electrons. The van der Waals surface area contributed by atoms with Crippen molar-refractivity contribution in [1.82, 2.24) is 63.1 Å². The molecule has 0 unspecified atom stereocenters. The van der Waals surface area contributed by atoms with Crippen LogP contribution in [0.15, 0.2) is 17.5 Å². The van der Waals surface area contributed by atoms with Crippen molar-refractivity contribution in [3.8, 4) is 0 Å². The maximum absolute atomic E-state index is 14.2. The number of carbonyl (C=O) groups is 12. The molecule has 19 N–H and O–H groups in total. The first-order chi connectivity index (χ1) is 39.3. The van der Waals surface area contributed by atoms with Crippen LogP contribution in [0, 0.1) is 5.92 Å². The van der Waals surface area contributed by atoms with Gasteiger partial charge in [-0.25, -0.2) is 4.98 Å². The third-order valence-corrected chi connectivity index (χ3v) is 13.7. The molecular weight excluding hydrogens is 1100 g/mol. The van der Waals surface area contributed by atoms with Crippen molar-refractivity contribution >= 4 is 88.7 Å². The molecule has 466 valence electrons. The number of aliphatic hydroxyl groups is 1. The van der Waals surface area contributed by atoms with Gasteiger partial charge in [0.25, 0.3) is 0 Å². The highest BCUT2D eigenvalue weighted by atomic mass is 32.2. The smallest absolute Gasteiger partial charge is 0.303 e. The van der Waals surface area contributed by atoms with Gasteiger partial charge >= 0.3 is 5.97 Å². The van der Waals surface area contributed by atoms with Crippen LogP contribution >= 0.6 is 11.8 Å². The Hall–Kier alpha value is -7.57. The third-order valence-electron chi connectivity index (χ3n) is 13.0. The molecular formula is C52H88N16O14S. The molecule has 2 rings (SSSR count). The number of nitrogens with one attached hydrogen (secondary N) is 11. The van der Waals surface area contributed by atoms with Crippen molar-refractivity contribution in [2.75, 3.05) is 25.1 Å². The highest BCUT2D eigenvalue weighted by Gasteiger charge is 2.36. The molecule has 1 aromatic rings. The summed E-state index contributed by atoms with van der Waals surface area (Å²) in [5.74, 6) is -11.0. The SMILES string of the molecule is CCCC[C@@H]1NC(=O)[C@H](C)NC(=O)[C@H](CCSC)NC(=O)[C@H](CCCN=C(N)N)NC(=O)[C@H](CCC(=O)O)NC(=O)[C@H]([C@@H](C)O)NC(=O)CCCCCCNC(=O)[C@H](CC(C)C)NC(=O)[C@H](CC(N)=O)NC(=O)[C@H](Cc2cnc[nH]2)NC1=O. The Morgan fingerprint density at radius 1 is 0.663 bits per heavy atom. The van der Waals surface area contributed by atoms with Gasteiger partial charge in [0.1, 0.15) is 54.4 Å². The number of aromatic nitrogens is 2. The molecule has 0 saturated carbocycles. The quantitative estimate of drug-likeness (QED) is 0.0343. The number of carboxylic acids is 1. The lowest BCUT2D eigenvalue weighted by Gasteiger charge is -2.28. The highest BCUT2D eigenvalue weighted by Crippen LogP contribution is 2.12. The first-order valence-corrected chi connectivity index (χ1v) is 29.4. The number of unbranched alkanes of at least 4 members (excludes halogenated alkanes) is 1. The van der Waals surface area contributed by atoms with E-state index in [4.69, 9.17) is 17.2 Å². The largest absolute Gasteiger partial charge is 0.481 e. The summed E-state index contributed by atoms with van der Waals surface area (Å²) >= 11 is 1.33. The topological polar surface area (TPSA) is 485 Å². The fourth-order valence-electron chi connectivity index (χ4n) is 8.48. The van der Waals surface area contributed by atoms with Crippen molar-refractivity contribution in [3.05, 3.63) is 18.2 Å². The Kier molecular flexibility index (Phi) is 33.0. The summed E-state index contributed by atoms with van der Waals surface area (Å²) in [6, 6.07) is -12.9. The van der Waals surface area contributed by atoms with E-state index in [-0.39, 0.29) is 69.9 Å². The number of hydrogen-bond acceptors (Lipinski definition) is 16. The molecule has 1 fully saturated rings. The molecule has 1 aliphatic heterocycles. The third kappa shape index (κ3) is 28.3. The first-order valence-electron chi connectivity index (χ1n) is 28.0. The van der Waals surface area contributed by atoms with E-state index in [1.165, 1.54) is 38.1 Å². The van der Waals surface area contributed by atoms with Crippen LogP contribution in [0.4, 0.5) is 0 Å². The molecule has 1 aromatic heterocycles. The van der Waals surface area contributed by atoms with E-state index in [9.17, 15) is 67.7 Å². The molecule has 0 bridgehead atoms. The average molecular weight is 1190 g/mol. The van der Waals surface area contributed by atoms with Gasteiger partial charge in [-0.05, 0) is 83.1 Å². The number of amides is 11. The zero-order valence-corrected chi connectivity index (χ0v) is 49.1. The number of nitrogens with two attached hydrogens (primary N) is 3. The normalized spacial score (nSPS) is 24.7. The molecule has 11 amide bonds. The van der Waals surface area contributed by atoms with Gasteiger partial charge in [-0.3, -0.25) is 62.5 Å². The lowest BCUT2D eigenvalue weighted by molar-refractivity contribution is -0.139. The minimum Gasteiger partial charge on any atom is -0.481 e. The predicted molar refractivity (Wildman–Crippen MR) is 306 cm³/mol. The summed E-state index contributed by atoms with van der Waals surface area (Å²) in [5.41, 5.74) is 16.9. The molecule has 0 aromatic carbocycles. The number of H-pyrrole nitrogens is 1. The predicted octanol–water partition coefficient (Wildman–Crippen LogP) is -3.42. The van der Waals surface area contributed by atoms with E-state index in [2.05, 4.69) is 68.1 Å². The maximum Gasteiger partial charge on any atom is 0.303 e. The number of carbonyl (C=O) groups excluding carboxylic acids is 11. The van der Waals surface area contributed by atoms with Gasteiger partial charge in [0.05, 0.1) is 18.9 Å². The van der Waals surface area contributed by atoms with E-state index < -0.39 is 151 Å². The number of nitrogens with zero attached hydrogens (tertiary/aromatic N) is 2. The van der Waals surface area contributed by atoms with E-state index in [1.807, 2.05) is 20.8 Å². The summed E-state index contributed by atoms with van der Waals surface area (Å²) in [4.78, 5) is 174. The highest BCUT2D eigenvalue weighted by molar-refractivity contribution is 7.98. The second-order valence-corrected chi connectivity index (χ2v) is 21.8. The lowest BCUT2D eigenvalue weighted by atomic mass is 10.0. The summed E-state index contributed by atoms with van der Waals surface area (Å²) in [6.07, 6.45) is 3.65.